The molecule has 1 saturated heterocycles. The van der Waals surface area contributed by atoms with Crippen LogP contribution in [0.4, 0.5) is 0 Å². The Balaban J connectivity index is 2.26. The molecule has 0 aliphatic carbocycles. The second kappa shape index (κ2) is 50.7. The summed E-state index contributed by atoms with van der Waals surface area (Å²) in [5.41, 5.74) is 0. The normalized spacial score (nSPS) is 20.0. The number of unbranched alkanes of at least 4 members (excludes halogenated alkanes) is 40. The number of nitrogens with one attached hydrogen (secondary N) is 1. The maximum Gasteiger partial charge on any atom is 0.249 e. The Labute approximate surface area is 442 Å². The highest BCUT2D eigenvalue weighted by molar-refractivity contribution is 5.80. The van der Waals surface area contributed by atoms with E-state index >= 15 is 0 Å². The maximum absolute atomic E-state index is 13.2. The van der Waals surface area contributed by atoms with Gasteiger partial charge in [0, 0.05) is 0 Å². The van der Waals surface area contributed by atoms with E-state index < -0.39 is 74.2 Å². The number of carbonyl (C=O) groups excluding carboxylic acids is 1. The molecule has 428 valence electrons. The van der Waals surface area contributed by atoms with Gasteiger partial charge in [0.25, 0.3) is 0 Å². The topological polar surface area (TPSA) is 189 Å². The van der Waals surface area contributed by atoms with Crippen LogP contribution in [0.15, 0.2) is 12.2 Å². The molecule has 0 spiro atoms. The number of aliphatic hydroxyl groups is 7. The summed E-state index contributed by atoms with van der Waals surface area (Å²) in [4.78, 5) is 13.2. The van der Waals surface area contributed by atoms with Crippen LogP contribution in [0.1, 0.15) is 303 Å². The standard InChI is InChI=1S/C61H119NO10/c1-3-5-7-9-11-13-15-17-19-21-23-24-25-26-27-28-29-31-33-35-37-39-41-43-45-47-49-54(65)60(70)62-52(51-71-61-59(69)58(68)57(67)55(50-63)72-61)56(66)53(64)48-46-44-42-40-38-36-34-32-30-22-20-18-16-14-12-10-8-6-4-2/h26-27,52-59,61,63-69H,3-25,28-51H2,1-2H3,(H,62,70)/b27-26-. The SMILES string of the molecule is CCCCCCCCCCCCCC/C=C\CCCCCCCCCCCCC(O)C(=O)NC(COC1OC(CO)C(O)C(O)C1O)C(O)C(O)CCCCCCCCCCCCCCCCCCCCC. The van der Waals surface area contributed by atoms with Gasteiger partial charge in [0.05, 0.1) is 25.4 Å². The van der Waals surface area contributed by atoms with Crippen LogP contribution in [-0.4, -0.2) is 110 Å². The smallest absolute Gasteiger partial charge is 0.249 e. The highest BCUT2D eigenvalue weighted by Crippen LogP contribution is 2.24. The lowest BCUT2D eigenvalue weighted by atomic mass is 9.98. The number of rotatable bonds is 54. The summed E-state index contributed by atoms with van der Waals surface area (Å²) in [5, 5.41) is 76.3. The summed E-state index contributed by atoms with van der Waals surface area (Å²) < 4.78 is 11.2. The van der Waals surface area contributed by atoms with Crippen molar-refractivity contribution < 1.29 is 50.0 Å². The van der Waals surface area contributed by atoms with Gasteiger partial charge in [-0.1, -0.05) is 276 Å². The molecule has 0 aromatic rings. The quantitative estimate of drug-likeness (QED) is 0.0215. The number of hydrogen-bond donors (Lipinski definition) is 8. The zero-order valence-electron chi connectivity index (χ0n) is 46.9. The first-order valence-electron chi connectivity index (χ1n) is 31.1. The molecule has 11 nitrogen and oxygen atoms in total. The van der Waals surface area contributed by atoms with Crippen molar-refractivity contribution in [1.29, 1.82) is 0 Å². The largest absolute Gasteiger partial charge is 0.394 e. The zero-order valence-corrected chi connectivity index (χ0v) is 46.9. The molecule has 9 unspecified atom stereocenters. The molecule has 0 saturated carbocycles. The first-order chi connectivity index (χ1) is 35.2. The van der Waals surface area contributed by atoms with Gasteiger partial charge in [-0.05, 0) is 38.5 Å². The van der Waals surface area contributed by atoms with Crippen LogP contribution >= 0.6 is 0 Å². The molecule has 72 heavy (non-hydrogen) atoms. The average molecular weight is 1030 g/mol. The van der Waals surface area contributed by atoms with E-state index in [1.165, 1.54) is 225 Å². The van der Waals surface area contributed by atoms with Crippen LogP contribution in [-0.2, 0) is 14.3 Å². The minimum absolute atomic E-state index is 0.262. The number of carbonyl (C=O) groups is 1. The Kier molecular flexibility index (Phi) is 48.4. The molecule has 1 aliphatic rings. The predicted octanol–water partition coefficient (Wildman–Crippen LogP) is 13.5. The molecule has 1 fully saturated rings. The number of hydrogen-bond acceptors (Lipinski definition) is 10. The Bertz CT molecular complexity index is 1180. The molecule has 1 amide bonds. The van der Waals surface area contributed by atoms with Crippen molar-refractivity contribution in [3.63, 3.8) is 0 Å². The second-order valence-corrected chi connectivity index (χ2v) is 22.1. The van der Waals surface area contributed by atoms with E-state index in [2.05, 4.69) is 31.3 Å². The van der Waals surface area contributed by atoms with Gasteiger partial charge in [-0.3, -0.25) is 4.79 Å². The van der Waals surface area contributed by atoms with Crippen molar-refractivity contribution in [2.75, 3.05) is 13.2 Å². The Morgan fingerprint density at radius 2 is 0.806 bits per heavy atom. The van der Waals surface area contributed by atoms with Crippen molar-refractivity contribution in [2.45, 2.75) is 358 Å². The molecule has 1 heterocycles. The predicted molar refractivity (Wildman–Crippen MR) is 298 cm³/mol. The number of ether oxygens (including phenoxy) is 2. The number of aliphatic hydroxyl groups excluding tert-OH is 7. The van der Waals surface area contributed by atoms with E-state index in [0.29, 0.717) is 19.3 Å². The highest BCUT2D eigenvalue weighted by Gasteiger charge is 2.44. The van der Waals surface area contributed by atoms with Crippen LogP contribution in [0, 0.1) is 0 Å². The molecule has 0 radical (unpaired) electrons. The summed E-state index contributed by atoms with van der Waals surface area (Å²) in [5.74, 6) is -0.692. The summed E-state index contributed by atoms with van der Waals surface area (Å²) in [6.07, 6.45) is 48.4. The van der Waals surface area contributed by atoms with E-state index in [-0.39, 0.29) is 6.42 Å². The molecule has 8 N–H and O–H groups in total. The fourth-order valence-electron chi connectivity index (χ4n) is 10.3. The summed E-state index contributed by atoms with van der Waals surface area (Å²) in [6.45, 7) is 3.50. The fraction of sp³-hybridized carbons (Fsp3) is 0.951. The van der Waals surface area contributed by atoms with E-state index in [1.54, 1.807) is 0 Å². The van der Waals surface area contributed by atoms with Crippen LogP contribution in [0.3, 0.4) is 0 Å². The van der Waals surface area contributed by atoms with E-state index in [0.717, 1.165) is 38.5 Å². The lowest BCUT2D eigenvalue weighted by molar-refractivity contribution is -0.303. The minimum atomic E-state index is -1.66. The van der Waals surface area contributed by atoms with Crippen molar-refractivity contribution in [3.05, 3.63) is 12.2 Å². The second-order valence-electron chi connectivity index (χ2n) is 22.1. The minimum Gasteiger partial charge on any atom is -0.394 e. The Morgan fingerprint density at radius 3 is 1.17 bits per heavy atom. The zero-order chi connectivity index (χ0) is 52.5. The third-order valence-electron chi connectivity index (χ3n) is 15.3. The average Bonchev–Trinajstić information content (AvgIpc) is 3.38. The summed E-state index contributed by atoms with van der Waals surface area (Å²) >= 11 is 0. The fourth-order valence-corrected chi connectivity index (χ4v) is 10.3. The van der Waals surface area contributed by atoms with Crippen LogP contribution in [0.5, 0.6) is 0 Å². The van der Waals surface area contributed by atoms with E-state index in [1.807, 2.05) is 0 Å². The van der Waals surface area contributed by atoms with E-state index in [4.69, 9.17) is 9.47 Å². The van der Waals surface area contributed by atoms with Gasteiger partial charge in [-0.2, -0.15) is 0 Å². The Morgan fingerprint density at radius 1 is 0.472 bits per heavy atom. The Hall–Kier alpha value is -1.15. The lowest BCUT2D eigenvalue weighted by Crippen LogP contribution is -2.60. The number of allylic oxidation sites excluding steroid dienone is 2. The third kappa shape index (κ3) is 38.4. The molecule has 1 rings (SSSR count). The molecular weight excluding hydrogens is 907 g/mol. The van der Waals surface area contributed by atoms with Gasteiger partial charge in [-0.15, -0.1) is 0 Å². The molecule has 1 aliphatic heterocycles. The lowest BCUT2D eigenvalue weighted by Gasteiger charge is -2.40. The van der Waals surface area contributed by atoms with Gasteiger partial charge in [0.2, 0.25) is 5.91 Å². The van der Waals surface area contributed by atoms with Crippen molar-refractivity contribution in [3.8, 4) is 0 Å². The highest BCUT2D eigenvalue weighted by atomic mass is 16.7. The summed E-state index contributed by atoms with van der Waals surface area (Å²) in [6, 6.07) is -1.17. The van der Waals surface area contributed by atoms with Gasteiger partial charge in [0.15, 0.2) is 6.29 Å². The summed E-state index contributed by atoms with van der Waals surface area (Å²) in [7, 11) is 0. The monoisotopic (exact) mass is 1030 g/mol. The molecule has 0 aromatic heterocycles. The van der Waals surface area contributed by atoms with Gasteiger partial charge in [-0.25, -0.2) is 0 Å². The van der Waals surface area contributed by atoms with Crippen LogP contribution < -0.4 is 5.32 Å². The maximum atomic E-state index is 13.2. The van der Waals surface area contributed by atoms with Gasteiger partial charge in [0.1, 0.15) is 36.6 Å². The van der Waals surface area contributed by atoms with Gasteiger partial charge >= 0.3 is 0 Å². The molecular formula is C61H119NO10. The van der Waals surface area contributed by atoms with Crippen molar-refractivity contribution in [2.24, 2.45) is 0 Å². The molecule has 11 heteroatoms. The van der Waals surface area contributed by atoms with Gasteiger partial charge < -0.3 is 50.5 Å². The van der Waals surface area contributed by atoms with Crippen molar-refractivity contribution in [1.82, 2.24) is 5.32 Å². The molecule has 9 atom stereocenters. The number of amides is 1. The van der Waals surface area contributed by atoms with Crippen molar-refractivity contribution >= 4 is 5.91 Å². The first-order valence-corrected chi connectivity index (χ1v) is 31.1. The van der Waals surface area contributed by atoms with E-state index in [9.17, 15) is 40.5 Å². The molecule has 0 bridgehead atoms. The third-order valence-corrected chi connectivity index (χ3v) is 15.3. The molecule has 0 aromatic carbocycles. The first kappa shape index (κ1) is 68.9. The van der Waals surface area contributed by atoms with Crippen LogP contribution in [0.2, 0.25) is 0 Å². The van der Waals surface area contributed by atoms with Crippen LogP contribution in [0.25, 0.3) is 0 Å².